The maximum absolute atomic E-state index is 10.4. The quantitative estimate of drug-likeness (QED) is 0.203. The van der Waals surface area contributed by atoms with Gasteiger partial charge in [0, 0.05) is 0 Å². The summed E-state index contributed by atoms with van der Waals surface area (Å²) in [5.41, 5.74) is 2.02. The molecule has 0 saturated heterocycles. The number of nitrogens with zero attached hydrogens (tertiary/aromatic N) is 1. The molecule has 2 rings (SSSR count). The van der Waals surface area contributed by atoms with E-state index in [-0.39, 0.29) is 17.7 Å². The van der Waals surface area contributed by atoms with Crippen LogP contribution in [0.3, 0.4) is 0 Å². The van der Waals surface area contributed by atoms with Gasteiger partial charge in [0.1, 0.15) is 24.7 Å². The number of hydrogen-bond acceptors (Lipinski definition) is 5. The second kappa shape index (κ2) is 11.5. The van der Waals surface area contributed by atoms with Crippen LogP contribution in [0.4, 0.5) is 0 Å². The number of rotatable bonds is 13. The van der Waals surface area contributed by atoms with Crippen LogP contribution in [-0.2, 0) is 27.0 Å². The number of benzene rings is 1. The third-order valence-electron chi connectivity index (χ3n) is 5.91. The van der Waals surface area contributed by atoms with Crippen LogP contribution in [0.1, 0.15) is 76.1 Å². The maximum atomic E-state index is 10.4. The summed E-state index contributed by atoms with van der Waals surface area (Å²) < 4.78 is 17.2. The average molecular weight is 432 g/mol. The summed E-state index contributed by atoms with van der Waals surface area (Å²) in [4.78, 5) is 15.0. The van der Waals surface area contributed by atoms with E-state index >= 15 is 0 Å². The predicted molar refractivity (Wildman–Crippen MR) is 122 cm³/mol. The molecule has 166 valence electrons. The van der Waals surface area contributed by atoms with Gasteiger partial charge in [0.05, 0.1) is 0 Å². The minimum absolute atomic E-state index is 0.108. The second-order valence-corrected chi connectivity index (χ2v) is 14.1. The molecule has 0 saturated carbocycles. The predicted octanol–water partition coefficient (Wildman–Crippen LogP) is 6.60. The van der Waals surface area contributed by atoms with Gasteiger partial charge in [0.2, 0.25) is 5.89 Å². The molecule has 1 unspecified atom stereocenters. The van der Waals surface area contributed by atoms with E-state index in [9.17, 15) is 4.79 Å². The van der Waals surface area contributed by atoms with Gasteiger partial charge in [-0.2, -0.15) is 0 Å². The average Bonchev–Trinajstić information content (AvgIpc) is 3.17. The molecule has 0 fully saturated rings. The van der Waals surface area contributed by atoms with E-state index < -0.39 is 8.32 Å². The molecule has 0 bridgehead atoms. The first-order valence-electron chi connectivity index (χ1n) is 10.9. The molecule has 1 atom stereocenters. The monoisotopic (exact) mass is 431 g/mol. The zero-order valence-electron chi connectivity index (χ0n) is 19.1. The van der Waals surface area contributed by atoms with Crippen LogP contribution in [0.2, 0.25) is 18.1 Å². The summed E-state index contributed by atoms with van der Waals surface area (Å²) in [6.07, 6.45) is 8.03. The third kappa shape index (κ3) is 7.72. The van der Waals surface area contributed by atoms with E-state index in [1.807, 2.05) is 0 Å². The Morgan fingerprint density at radius 3 is 2.47 bits per heavy atom. The molecule has 2 aromatic rings. The first-order chi connectivity index (χ1) is 14.2. The Bertz CT molecular complexity index is 752. The molecule has 0 amide bonds. The topological polar surface area (TPSA) is 61.6 Å². The summed E-state index contributed by atoms with van der Waals surface area (Å²) in [6.45, 7) is 11.8. The van der Waals surface area contributed by atoms with Crippen molar-refractivity contribution in [2.75, 3.05) is 0 Å². The standard InChI is InChI=1S/C24H37NO4Si/c1-24(2,3)30(4,5)29-22(23-25-21(18-28-23)17-27-19-26)16-12-7-6-9-13-20-14-10-8-11-15-20/h8,10-11,14-15,18-19,22H,6-7,9,12-13,16-17H2,1-5H3. The summed E-state index contributed by atoms with van der Waals surface area (Å²) in [6, 6.07) is 10.6. The molecular formula is C24H37NO4Si. The SMILES string of the molecule is CC(C)(C)[Si](C)(C)OC(CCCCCCc1ccccc1)c1nc(COC=O)co1. The number of unbranched alkanes of at least 4 members (excludes halogenated alkanes) is 3. The largest absolute Gasteiger partial charge is 0.461 e. The van der Waals surface area contributed by atoms with Gasteiger partial charge in [0.15, 0.2) is 8.32 Å². The normalized spacial score (nSPS) is 13.2. The first kappa shape index (κ1) is 24.3. The number of ether oxygens (including phenoxy) is 1. The lowest BCUT2D eigenvalue weighted by atomic mass is 10.0. The van der Waals surface area contributed by atoms with Gasteiger partial charge in [0.25, 0.3) is 6.47 Å². The van der Waals surface area contributed by atoms with Crippen molar-refractivity contribution in [3.8, 4) is 0 Å². The van der Waals surface area contributed by atoms with E-state index in [0.717, 1.165) is 25.7 Å². The van der Waals surface area contributed by atoms with Crippen molar-refractivity contribution >= 4 is 14.8 Å². The van der Waals surface area contributed by atoms with Crippen molar-refractivity contribution in [3.63, 3.8) is 0 Å². The first-order valence-corrected chi connectivity index (χ1v) is 13.8. The molecule has 5 nitrogen and oxygen atoms in total. The van der Waals surface area contributed by atoms with Crippen molar-refractivity contribution in [2.24, 2.45) is 0 Å². The fourth-order valence-electron chi connectivity index (χ4n) is 3.08. The van der Waals surface area contributed by atoms with Crippen molar-refractivity contribution in [1.29, 1.82) is 0 Å². The van der Waals surface area contributed by atoms with Crippen LogP contribution in [0.25, 0.3) is 0 Å². The molecule has 0 aliphatic heterocycles. The highest BCUT2D eigenvalue weighted by atomic mass is 28.4. The van der Waals surface area contributed by atoms with Crippen molar-refractivity contribution in [2.45, 2.75) is 90.1 Å². The van der Waals surface area contributed by atoms with Crippen LogP contribution >= 0.6 is 0 Å². The van der Waals surface area contributed by atoms with Gasteiger partial charge in [-0.15, -0.1) is 0 Å². The molecule has 0 aliphatic carbocycles. The van der Waals surface area contributed by atoms with Crippen LogP contribution in [0.5, 0.6) is 0 Å². The van der Waals surface area contributed by atoms with E-state index in [0.29, 0.717) is 18.1 Å². The van der Waals surface area contributed by atoms with Crippen LogP contribution in [0.15, 0.2) is 41.0 Å². The Hall–Kier alpha value is -1.92. The van der Waals surface area contributed by atoms with Gasteiger partial charge in [-0.1, -0.05) is 70.4 Å². The highest BCUT2D eigenvalue weighted by Crippen LogP contribution is 2.40. The number of aromatic nitrogens is 1. The highest BCUT2D eigenvalue weighted by molar-refractivity contribution is 6.74. The van der Waals surface area contributed by atoms with Crippen molar-refractivity contribution in [3.05, 3.63) is 53.7 Å². The summed E-state index contributed by atoms with van der Waals surface area (Å²) in [5.74, 6) is 0.591. The molecule has 1 aromatic carbocycles. The van der Waals surface area contributed by atoms with E-state index in [1.54, 1.807) is 6.26 Å². The Labute approximate surface area is 182 Å². The summed E-state index contributed by atoms with van der Waals surface area (Å²) >= 11 is 0. The van der Waals surface area contributed by atoms with Gasteiger partial charge in [-0.05, 0) is 43.0 Å². The zero-order chi connectivity index (χ0) is 22.0. The summed E-state index contributed by atoms with van der Waals surface area (Å²) in [7, 11) is -1.97. The third-order valence-corrected chi connectivity index (χ3v) is 10.4. The number of hydrogen-bond donors (Lipinski definition) is 0. The van der Waals surface area contributed by atoms with Gasteiger partial charge < -0.3 is 13.6 Å². The number of oxazole rings is 1. The smallest absolute Gasteiger partial charge is 0.293 e. The Morgan fingerprint density at radius 1 is 1.10 bits per heavy atom. The van der Waals surface area contributed by atoms with Crippen molar-refractivity contribution < 1.29 is 18.4 Å². The Morgan fingerprint density at radius 2 is 1.80 bits per heavy atom. The van der Waals surface area contributed by atoms with Gasteiger partial charge in [-0.3, -0.25) is 4.79 Å². The van der Waals surface area contributed by atoms with Gasteiger partial charge in [-0.25, -0.2) is 4.98 Å². The fraction of sp³-hybridized carbons (Fsp3) is 0.583. The number of aryl methyl sites for hydroxylation is 1. The molecule has 6 heteroatoms. The summed E-state index contributed by atoms with van der Waals surface area (Å²) in [5, 5.41) is 0.108. The lowest BCUT2D eigenvalue weighted by Crippen LogP contribution is -2.41. The molecule has 1 aromatic heterocycles. The maximum Gasteiger partial charge on any atom is 0.293 e. The van der Waals surface area contributed by atoms with Crippen molar-refractivity contribution in [1.82, 2.24) is 4.98 Å². The molecular weight excluding hydrogens is 394 g/mol. The minimum Gasteiger partial charge on any atom is -0.461 e. The van der Waals surface area contributed by atoms with Crippen LogP contribution < -0.4 is 0 Å². The zero-order valence-corrected chi connectivity index (χ0v) is 20.1. The Balaban J connectivity index is 1.90. The molecule has 30 heavy (non-hydrogen) atoms. The molecule has 1 heterocycles. The molecule has 0 aliphatic rings. The fourth-order valence-corrected chi connectivity index (χ4v) is 4.36. The van der Waals surface area contributed by atoms with E-state index in [1.165, 1.54) is 18.4 Å². The highest BCUT2D eigenvalue weighted by Gasteiger charge is 2.40. The lowest BCUT2D eigenvalue weighted by molar-refractivity contribution is -0.129. The minimum atomic E-state index is -1.97. The number of carbonyl (C=O) groups is 1. The van der Waals surface area contributed by atoms with Crippen LogP contribution in [-0.4, -0.2) is 19.8 Å². The molecule has 0 N–H and O–H groups in total. The molecule has 0 radical (unpaired) electrons. The number of carbonyl (C=O) groups excluding carboxylic acids is 1. The molecule has 0 spiro atoms. The van der Waals surface area contributed by atoms with E-state index in [2.05, 4.69) is 69.2 Å². The second-order valence-electron chi connectivity index (χ2n) is 9.39. The lowest BCUT2D eigenvalue weighted by Gasteiger charge is -2.38. The van der Waals surface area contributed by atoms with Gasteiger partial charge >= 0.3 is 0 Å². The Kier molecular flexibility index (Phi) is 9.30. The van der Waals surface area contributed by atoms with E-state index in [4.69, 9.17) is 13.6 Å². The van der Waals surface area contributed by atoms with Crippen LogP contribution in [0, 0.1) is 0 Å².